The molecule has 1 atom stereocenters. The first-order chi connectivity index (χ1) is 8.65. The van der Waals surface area contributed by atoms with Gasteiger partial charge in [0.2, 0.25) is 0 Å². The quantitative estimate of drug-likeness (QED) is 0.619. The van der Waals surface area contributed by atoms with E-state index < -0.39 is 0 Å². The molecule has 1 aromatic rings. The normalized spacial score (nSPS) is 13.4. The zero-order valence-electron chi connectivity index (χ0n) is 11.3. The van der Waals surface area contributed by atoms with Crippen LogP contribution in [-0.2, 0) is 6.42 Å². The van der Waals surface area contributed by atoms with Crippen molar-refractivity contribution in [3.63, 3.8) is 0 Å². The van der Waals surface area contributed by atoms with E-state index in [4.69, 9.17) is 0 Å². The fraction of sp³-hybridized carbons (Fsp3) is 0.615. The van der Waals surface area contributed by atoms with E-state index in [-0.39, 0.29) is 0 Å². The first-order valence-corrected chi connectivity index (χ1v) is 8.05. The second-order valence-electron chi connectivity index (χ2n) is 4.17. The molecule has 0 aliphatic rings. The van der Waals surface area contributed by atoms with E-state index in [1.165, 1.54) is 8.66 Å². The van der Waals surface area contributed by atoms with Gasteiger partial charge in [0.15, 0.2) is 5.96 Å². The Balaban J connectivity index is 2.44. The van der Waals surface area contributed by atoms with E-state index in [0.717, 1.165) is 31.9 Å². The van der Waals surface area contributed by atoms with E-state index in [9.17, 15) is 0 Å². The number of guanidine groups is 1. The van der Waals surface area contributed by atoms with Crippen LogP contribution in [0.4, 0.5) is 0 Å². The molecule has 1 unspecified atom stereocenters. The molecule has 0 aromatic carbocycles. The molecule has 0 bridgehead atoms. The molecule has 0 fully saturated rings. The lowest BCUT2D eigenvalue weighted by molar-refractivity contribution is 0.624. The van der Waals surface area contributed by atoms with Gasteiger partial charge in [-0.3, -0.25) is 4.99 Å². The van der Waals surface area contributed by atoms with Crippen molar-refractivity contribution in [2.24, 2.45) is 4.99 Å². The monoisotopic (exact) mass is 331 g/mol. The number of aliphatic imine (C=N–C) groups is 1. The Bertz CT molecular complexity index is 376. The Kier molecular flexibility index (Phi) is 7.35. The minimum absolute atomic E-state index is 0.457. The lowest BCUT2D eigenvalue weighted by Gasteiger charge is -2.16. The first-order valence-electron chi connectivity index (χ1n) is 6.44. The van der Waals surface area contributed by atoms with Gasteiger partial charge in [0.05, 0.1) is 3.79 Å². The van der Waals surface area contributed by atoms with Crippen molar-refractivity contribution in [2.75, 3.05) is 13.1 Å². The van der Waals surface area contributed by atoms with Gasteiger partial charge in [0, 0.05) is 30.4 Å². The summed E-state index contributed by atoms with van der Waals surface area (Å²) in [7, 11) is 0. The molecule has 0 aliphatic carbocycles. The summed E-state index contributed by atoms with van der Waals surface area (Å²) in [4.78, 5) is 5.96. The minimum Gasteiger partial charge on any atom is -0.357 e. The Hall–Kier alpha value is -0.550. The van der Waals surface area contributed by atoms with Gasteiger partial charge < -0.3 is 10.6 Å². The molecule has 2 N–H and O–H groups in total. The Morgan fingerprint density at radius 1 is 1.44 bits per heavy atom. The van der Waals surface area contributed by atoms with Crippen LogP contribution >= 0.6 is 27.3 Å². The highest BCUT2D eigenvalue weighted by molar-refractivity contribution is 9.11. The van der Waals surface area contributed by atoms with Crippen molar-refractivity contribution in [2.45, 2.75) is 39.7 Å². The van der Waals surface area contributed by atoms with Crippen molar-refractivity contribution in [3.05, 3.63) is 20.8 Å². The Morgan fingerprint density at radius 3 is 2.78 bits per heavy atom. The molecule has 0 saturated carbocycles. The van der Waals surface area contributed by atoms with Gasteiger partial charge in [-0.05, 0) is 48.3 Å². The van der Waals surface area contributed by atoms with Crippen LogP contribution in [0.25, 0.3) is 0 Å². The van der Waals surface area contributed by atoms with Crippen LogP contribution in [0, 0.1) is 0 Å². The highest BCUT2D eigenvalue weighted by Crippen LogP contribution is 2.22. The van der Waals surface area contributed by atoms with E-state index in [2.05, 4.69) is 64.5 Å². The average molecular weight is 332 g/mol. The molecule has 0 saturated heterocycles. The molecule has 5 heteroatoms. The molecule has 0 radical (unpaired) electrons. The minimum atomic E-state index is 0.457. The van der Waals surface area contributed by atoms with Gasteiger partial charge in [0.25, 0.3) is 0 Å². The fourth-order valence-electron chi connectivity index (χ4n) is 1.42. The van der Waals surface area contributed by atoms with Crippen LogP contribution in [0.5, 0.6) is 0 Å². The predicted molar refractivity (Wildman–Crippen MR) is 84.6 cm³/mol. The molecule has 1 aromatic heterocycles. The number of halogens is 1. The molecule has 0 aliphatic heterocycles. The molecular formula is C13H22BrN3S. The summed E-state index contributed by atoms with van der Waals surface area (Å²) in [6.07, 6.45) is 2.09. The van der Waals surface area contributed by atoms with Crippen molar-refractivity contribution >= 4 is 33.2 Å². The largest absolute Gasteiger partial charge is 0.357 e. The maximum Gasteiger partial charge on any atom is 0.191 e. The maximum atomic E-state index is 4.59. The highest BCUT2D eigenvalue weighted by atomic mass is 79.9. The van der Waals surface area contributed by atoms with Crippen molar-refractivity contribution in [1.29, 1.82) is 0 Å². The smallest absolute Gasteiger partial charge is 0.191 e. The van der Waals surface area contributed by atoms with Crippen LogP contribution in [0.2, 0.25) is 0 Å². The second kappa shape index (κ2) is 8.53. The molecule has 0 spiro atoms. The van der Waals surface area contributed by atoms with E-state index in [1.807, 2.05) is 0 Å². The van der Waals surface area contributed by atoms with Gasteiger partial charge >= 0.3 is 0 Å². The number of hydrogen-bond acceptors (Lipinski definition) is 2. The number of thiophene rings is 1. The number of nitrogens with one attached hydrogen (secondary N) is 2. The number of hydrogen-bond donors (Lipinski definition) is 2. The van der Waals surface area contributed by atoms with Crippen LogP contribution in [0.15, 0.2) is 20.9 Å². The molecule has 3 nitrogen and oxygen atoms in total. The summed E-state index contributed by atoms with van der Waals surface area (Å²) in [5.74, 6) is 0.919. The zero-order chi connectivity index (χ0) is 13.4. The van der Waals surface area contributed by atoms with Crippen molar-refractivity contribution in [1.82, 2.24) is 10.6 Å². The maximum absolute atomic E-state index is 4.59. The number of nitrogens with zero attached hydrogens (tertiary/aromatic N) is 1. The zero-order valence-corrected chi connectivity index (χ0v) is 13.7. The SMILES string of the molecule is CCNC(=NCCc1ccc(Br)s1)NC(C)CC. The van der Waals surface area contributed by atoms with Gasteiger partial charge in [-0.15, -0.1) is 11.3 Å². The topological polar surface area (TPSA) is 36.4 Å². The summed E-state index contributed by atoms with van der Waals surface area (Å²) >= 11 is 5.26. The van der Waals surface area contributed by atoms with Crippen molar-refractivity contribution in [3.8, 4) is 0 Å². The molecular weight excluding hydrogens is 310 g/mol. The molecule has 102 valence electrons. The van der Waals surface area contributed by atoms with Crippen LogP contribution < -0.4 is 10.6 Å². The third kappa shape index (κ3) is 5.87. The Labute approximate surface area is 122 Å². The summed E-state index contributed by atoms with van der Waals surface area (Å²) in [6, 6.07) is 4.70. The molecule has 1 rings (SSSR count). The van der Waals surface area contributed by atoms with Gasteiger partial charge in [-0.1, -0.05) is 6.92 Å². The first kappa shape index (κ1) is 15.5. The van der Waals surface area contributed by atoms with E-state index >= 15 is 0 Å². The standard InChI is InChI=1S/C13H22BrN3S/c1-4-10(3)17-13(15-5-2)16-9-8-11-6-7-12(14)18-11/h6-7,10H,4-5,8-9H2,1-3H3,(H2,15,16,17). The third-order valence-corrected chi connectivity index (χ3v) is 4.28. The molecule has 18 heavy (non-hydrogen) atoms. The van der Waals surface area contributed by atoms with Crippen LogP contribution in [-0.4, -0.2) is 25.1 Å². The predicted octanol–water partition coefficient (Wildman–Crippen LogP) is 3.41. The van der Waals surface area contributed by atoms with Gasteiger partial charge in [0.1, 0.15) is 0 Å². The lowest BCUT2D eigenvalue weighted by atomic mass is 10.3. The average Bonchev–Trinajstić information content (AvgIpc) is 2.75. The highest BCUT2D eigenvalue weighted by Gasteiger charge is 2.02. The summed E-state index contributed by atoms with van der Waals surface area (Å²) < 4.78 is 1.19. The van der Waals surface area contributed by atoms with E-state index in [0.29, 0.717) is 6.04 Å². The Morgan fingerprint density at radius 2 is 2.22 bits per heavy atom. The van der Waals surface area contributed by atoms with Crippen LogP contribution in [0.3, 0.4) is 0 Å². The number of rotatable bonds is 6. The third-order valence-electron chi connectivity index (χ3n) is 2.60. The molecule has 1 heterocycles. The van der Waals surface area contributed by atoms with Gasteiger partial charge in [-0.2, -0.15) is 0 Å². The van der Waals surface area contributed by atoms with Gasteiger partial charge in [-0.25, -0.2) is 0 Å². The summed E-state index contributed by atoms with van der Waals surface area (Å²) in [6.45, 7) is 8.14. The summed E-state index contributed by atoms with van der Waals surface area (Å²) in [5.41, 5.74) is 0. The van der Waals surface area contributed by atoms with Crippen LogP contribution in [0.1, 0.15) is 32.1 Å². The second-order valence-corrected chi connectivity index (χ2v) is 6.72. The fourth-order valence-corrected chi connectivity index (χ4v) is 2.89. The lowest BCUT2D eigenvalue weighted by Crippen LogP contribution is -2.42. The van der Waals surface area contributed by atoms with E-state index in [1.54, 1.807) is 11.3 Å². The summed E-state index contributed by atoms with van der Waals surface area (Å²) in [5, 5.41) is 6.66. The van der Waals surface area contributed by atoms with Crippen molar-refractivity contribution < 1.29 is 0 Å². The molecule has 0 amide bonds.